The Morgan fingerprint density at radius 1 is 1.21 bits per heavy atom. The number of pyridine rings is 1. The van der Waals surface area contributed by atoms with Crippen molar-refractivity contribution in [2.45, 2.75) is 32.8 Å². The Labute approximate surface area is 140 Å². The maximum absolute atomic E-state index is 13.6. The van der Waals surface area contributed by atoms with Crippen LogP contribution in [-0.4, -0.2) is 20.1 Å². The van der Waals surface area contributed by atoms with E-state index in [2.05, 4.69) is 40.9 Å². The van der Waals surface area contributed by atoms with Gasteiger partial charge in [-0.25, -0.2) is 9.37 Å². The molecule has 124 valence electrons. The largest absolute Gasteiger partial charge is 0.390 e. The monoisotopic (exact) mass is 325 g/mol. The average Bonchev–Trinajstić information content (AvgIpc) is 3.11. The first kappa shape index (κ1) is 16.3. The maximum Gasteiger partial charge on any atom is 0.147 e. The van der Waals surface area contributed by atoms with Gasteiger partial charge in [-0.2, -0.15) is 0 Å². The Hall–Kier alpha value is -2.53. The molecule has 1 atom stereocenters. The molecular weight excluding hydrogens is 305 g/mol. The van der Waals surface area contributed by atoms with Crippen molar-refractivity contribution in [1.29, 1.82) is 0 Å². The fourth-order valence-corrected chi connectivity index (χ4v) is 2.96. The number of rotatable bonds is 5. The topological polar surface area (TPSA) is 61.8 Å². The molecule has 0 saturated heterocycles. The lowest BCUT2D eigenvalue weighted by Crippen LogP contribution is -2.10. The summed E-state index contributed by atoms with van der Waals surface area (Å²) in [4.78, 5) is 11.6. The van der Waals surface area contributed by atoms with Crippen molar-refractivity contribution in [3.63, 3.8) is 0 Å². The highest BCUT2D eigenvalue weighted by atomic mass is 19.1. The van der Waals surface area contributed by atoms with Crippen molar-refractivity contribution in [1.82, 2.24) is 15.0 Å². The minimum atomic E-state index is -0.480. The third-order valence-corrected chi connectivity index (χ3v) is 4.46. The van der Waals surface area contributed by atoms with Crippen molar-refractivity contribution < 1.29 is 9.50 Å². The van der Waals surface area contributed by atoms with E-state index in [1.165, 1.54) is 22.8 Å². The van der Waals surface area contributed by atoms with Gasteiger partial charge in [0.25, 0.3) is 0 Å². The number of aryl methyl sites for hydroxylation is 1. The zero-order chi connectivity index (χ0) is 17.1. The zero-order valence-electron chi connectivity index (χ0n) is 13.8. The molecule has 1 aromatic carbocycles. The summed E-state index contributed by atoms with van der Waals surface area (Å²) >= 11 is 0. The van der Waals surface area contributed by atoms with Crippen LogP contribution < -0.4 is 0 Å². The molecule has 5 heteroatoms. The van der Waals surface area contributed by atoms with Gasteiger partial charge in [0.15, 0.2) is 0 Å². The number of imidazole rings is 1. The second-order valence-electron chi connectivity index (χ2n) is 5.94. The molecule has 0 radical (unpaired) electrons. The third kappa shape index (κ3) is 3.21. The minimum absolute atomic E-state index is 0.0388. The Kier molecular flexibility index (Phi) is 4.71. The predicted octanol–water partition coefficient (Wildman–Crippen LogP) is 3.43. The first-order valence-corrected chi connectivity index (χ1v) is 7.89. The van der Waals surface area contributed by atoms with Gasteiger partial charge >= 0.3 is 0 Å². The van der Waals surface area contributed by atoms with Gasteiger partial charge in [0, 0.05) is 29.9 Å². The molecule has 0 aliphatic rings. The molecular formula is C19H20FN3O. The van der Waals surface area contributed by atoms with Crippen LogP contribution in [0.25, 0.3) is 0 Å². The molecule has 1 unspecified atom stereocenters. The van der Waals surface area contributed by atoms with E-state index in [9.17, 15) is 9.50 Å². The molecule has 2 heterocycles. The van der Waals surface area contributed by atoms with E-state index in [1.54, 1.807) is 12.4 Å². The molecule has 2 aromatic heterocycles. The quantitative estimate of drug-likeness (QED) is 0.755. The number of halogens is 1. The van der Waals surface area contributed by atoms with E-state index in [1.807, 2.05) is 12.3 Å². The number of aromatic amines is 1. The van der Waals surface area contributed by atoms with Gasteiger partial charge in [-0.3, -0.25) is 4.98 Å². The van der Waals surface area contributed by atoms with Crippen molar-refractivity contribution in [3.05, 3.63) is 82.4 Å². The molecule has 0 bridgehead atoms. The number of hydrogen-bond acceptors (Lipinski definition) is 3. The van der Waals surface area contributed by atoms with Crippen LogP contribution in [0.2, 0.25) is 0 Å². The Morgan fingerprint density at radius 2 is 2.04 bits per heavy atom. The number of aliphatic hydroxyl groups excluding tert-OH is 1. The third-order valence-electron chi connectivity index (χ3n) is 4.46. The number of hydrogen-bond donors (Lipinski definition) is 2. The smallest absolute Gasteiger partial charge is 0.147 e. The second-order valence-corrected chi connectivity index (χ2v) is 5.94. The molecule has 0 fully saturated rings. The van der Waals surface area contributed by atoms with Crippen molar-refractivity contribution in [2.75, 3.05) is 0 Å². The van der Waals surface area contributed by atoms with E-state index < -0.39 is 12.4 Å². The number of H-pyrrole nitrogens is 1. The van der Waals surface area contributed by atoms with Gasteiger partial charge in [0.1, 0.15) is 11.5 Å². The first-order chi connectivity index (χ1) is 11.6. The van der Waals surface area contributed by atoms with E-state index in [0.29, 0.717) is 6.42 Å². The lowest BCUT2D eigenvalue weighted by Gasteiger charge is -2.19. The van der Waals surface area contributed by atoms with Crippen LogP contribution in [0.1, 0.15) is 39.7 Å². The highest BCUT2D eigenvalue weighted by Crippen LogP contribution is 2.30. The minimum Gasteiger partial charge on any atom is -0.390 e. The summed E-state index contributed by atoms with van der Waals surface area (Å²) in [5, 5.41) is 9.24. The van der Waals surface area contributed by atoms with Crippen LogP contribution in [0.4, 0.5) is 4.39 Å². The van der Waals surface area contributed by atoms with Gasteiger partial charge in [-0.1, -0.05) is 18.2 Å². The summed E-state index contributed by atoms with van der Waals surface area (Å²) in [6.45, 7) is 3.78. The highest BCUT2D eigenvalue weighted by molar-refractivity contribution is 5.40. The standard InChI is InChI=1S/C19H20FN3O/c1-12-4-3-5-15(13(12)2)16(18-9-21-11-22-18)8-14-6-7-17(20)19(10-24)23-14/h3-7,9,11,16,24H,8,10H2,1-2H3,(H,21,22). The molecule has 0 aliphatic carbocycles. The maximum atomic E-state index is 13.6. The number of aliphatic hydroxyl groups is 1. The molecule has 0 saturated carbocycles. The fourth-order valence-electron chi connectivity index (χ4n) is 2.96. The highest BCUT2D eigenvalue weighted by Gasteiger charge is 2.20. The summed E-state index contributed by atoms with van der Waals surface area (Å²) in [5.41, 5.74) is 5.44. The first-order valence-electron chi connectivity index (χ1n) is 7.89. The second kappa shape index (κ2) is 6.93. The van der Waals surface area contributed by atoms with Crippen LogP contribution in [0.3, 0.4) is 0 Å². The van der Waals surface area contributed by atoms with E-state index >= 15 is 0 Å². The van der Waals surface area contributed by atoms with Crippen LogP contribution in [0.5, 0.6) is 0 Å². The average molecular weight is 325 g/mol. The molecule has 0 amide bonds. The molecule has 3 rings (SSSR count). The summed E-state index contributed by atoms with van der Waals surface area (Å²) in [6, 6.07) is 9.26. The number of nitrogens with one attached hydrogen (secondary N) is 1. The van der Waals surface area contributed by atoms with E-state index in [4.69, 9.17) is 0 Å². The Bertz CT molecular complexity index is 831. The normalized spacial score (nSPS) is 12.3. The van der Waals surface area contributed by atoms with Crippen molar-refractivity contribution >= 4 is 0 Å². The fraction of sp³-hybridized carbons (Fsp3) is 0.263. The lowest BCUT2D eigenvalue weighted by molar-refractivity contribution is 0.269. The van der Waals surface area contributed by atoms with Gasteiger partial charge in [0.05, 0.1) is 12.9 Å². The van der Waals surface area contributed by atoms with Gasteiger partial charge in [0.2, 0.25) is 0 Å². The van der Waals surface area contributed by atoms with E-state index in [-0.39, 0.29) is 11.6 Å². The Balaban J connectivity index is 2.02. The summed E-state index contributed by atoms with van der Waals surface area (Å²) in [7, 11) is 0. The van der Waals surface area contributed by atoms with Gasteiger partial charge in [-0.05, 0) is 42.7 Å². The number of benzene rings is 1. The summed E-state index contributed by atoms with van der Waals surface area (Å²) in [5.74, 6) is -0.442. The van der Waals surface area contributed by atoms with Crippen LogP contribution in [-0.2, 0) is 13.0 Å². The summed E-state index contributed by atoms with van der Waals surface area (Å²) < 4.78 is 13.6. The molecule has 0 aliphatic heterocycles. The number of aromatic nitrogens is 3. The van der Waals surface area contributed by atoms with Gasteiger partial charge in [-0.15, -0.1) is 0 Å². The number of nitrogens with zero attached hydrogens (tertiary/aromatic N) is 2. The molecule has 4 nitrogen and oxygen atoms in total. The molecule has 24 heavy (non-hydrogen) atoms. The zero-order valence-corrected chi connectivity index (χ0v) is 13.8. The van der Waals surface area contributed by atoms with Crippen molar-refractivity contribution in [3.8, 4) is 0 Å². The SMILES string of the molecule is Cc1cccc(C(Cc2ccc(F)c(CO)n2)c2cnc[nH]2)c1C. The van der Waals surface area contributed by atoms with Crippen LogP contribution in [0, 0.1) is 19.7 Å². The molecule has 0 spiro atoms. The lowest BCUT2D eigenvalue weighted by atomic mass is 9.87. The summed E-state index contributed by atoms with van der Waals surface area (Å²) in [6.07, 6.45) is 4.06. The molecule has 2 N–H and O–H groups in total. The van der Waals surface area contributed by atoms with Crippen molar-refractivity contribution in [2.24, 2.45) is 0 Å². The van der Waals surface area contributed by atoms with Crippen LogP contribution in [0.15, 0.2) is 42.9 Å². The Morgan fingerprint density at radius 3 is 2.75 bits per heavy atom. The molecule has 3 aromatic rings. The van der Waals surface area contributed by atoms with E-state index in [0.717, 1.165) is 11.4 Å². The van der Waals surface area contributed by atoms with Gasteiger partial charge < -0.3 is 10.1 Å². The predicted molar refractivity (Wildman–Crippen MR) is 90.2 cm³/mol. The van der Waals surface area contributed by atoms with Crippen LogP contribution >= 0.6 is 0 Å².